The lowest BCUT2D eigenvalue weighted by Crippen LogP contribution is -2.45. The summed E-state index contributed by atoms with van der Waals surface area (Å²) in [6, 6.07) is 10.4. The van der Waals surface area contributed by atoms with E-state index in [-0.39, 0.29) is 11.9 Å². The highest BCUT2D eigenvalue weighted by Crippen LogP contribution is 2.35. The van der Waals surface area contributed by atoms with Crippen LogP contribution in [0.25, 0.3) is 0 Å². The first-order valence-corrected chi connectivity index (χ1v) is 9.93. The lowest BCUT2D eigenvalue weighted by atomic mass is 10.2. The summed E-state index contributed by atoms with van der Waals surface area (Å²) in [4.78, 5) is 0. The predicted octanol–water partition coefficient (Wildman–Crippen LogP) is 2.34. The molecule has 7 heteroatoms. The van der Waals surface area contributed by atoms with Crippen LogP contribution in [0.15, 0.2) is 42.7 Å². The Kier molecular flexibility index (Phi) is 4.05. The van der Waals surface area contributed by atoms with Crippen molar-refractivity contribution in [2.75, 3.05) is 16.6 Å². The van der Waals surface area contributed by atoms with Crippen LogP contribution >= 0.6 is 0 Å². The summed E-state index contributed by atoms with van der Waals surface area (Å²) >= 11 is 0. The second-order valence-corrected chi connectivity index (χ2v) is 8.48. The van der Waals surface area contributed by atoms with Gasteiger partial charge in [0.1, 0.15) is 0 Å². The van der Waals surface area contributed by atoms with Gasteiger partial charge in [-0.15, -0.1) is 0 Å². The number of aromatic nitrogens is 2. The van der Waals surface area contributed by atoms with Crippen LogP contribution in [0.5, 0.6) is 0 Å². The molecule has 0 spiro atoms. The number of anilines is 1. The fraction of sp³-hybridized carbons (Fsp3) is 0.471. The summed E-state index contributed by atoms with van der Waals surface area (Å²) in [7, 11) is -3.28. The second-order valence-electron chi connectivity index (χ2n) is 6.46. The van der Waals surface area contributed by atoms with Gasteiger partial charge in [0.05, 0.1) is 42.9 Å². The smallest absolute Gasteiger partial charge is 0.235 e. The van der Waals surface area contributed by atoms with Crippen LogP contribution in [0.3, 0.4) is 0 Å². The zero-order valence-electron chi connectivity index (χ0n) is 13.4. The van der Waals surface area contributed by atoms with Crippen molar-refractivity contribution in [3.63, 3.8) is 0 Å². The van der Waals surface area contributed by atoms with E-state index in [0.29, 0.717) is 31.3 Å². The van der Waals surface area contributed by atoms with Crippen LogP contribution in [-0.4, -0.2) is 36.6 Å². The molecule has 0 radical (unpaired) electrons. The van der Waals surface area contributed by atoms with Crippen molar-refractivity contribution in [1.29, 1.82) is 0 Å². The van der Waals surface area contributed by atoms with Crippen LogP contribution in [0.4, 0.5) is 5.69 Å². The Hall–Kier alpha value is -1.86. The van der Waals surface area contributed by atoms with Crippen molar-refractivity contribution in [1.82, 2.24) is 9.78 Å². The summed E-state index contributed by atoms with van der Waals surface area (Å²) in [6.07, 6.45) is 6.16. The minimum absolute atomic E-state index is 0.0991. The monoisotopic (exact) mass is 347 g/mol. The van der Waals surface area contributed by atoms with E-state index in [0.717, 1.165) is 18.4 Å². The van der Waals surface area contributed by atoms with Crippen LogP contribution < -0.4 is 4.31 Å². The number of ether oxygens (including phenoxy) is 1. The van der Waals surface area contributed by atoms with E-state index in [1.165, 1.54) is 4.31 Å². The molecule has 1 saturated carbocycles. The molecule has 2 heterocycles. The molecule has 2 aromatic rings. The van der Waals surface area contributed by atoms with Crippen LogP contribution in [0, 0.1) is 0 Å². The molecule has 4 rings (SSSR count). The first kappa shape index (κ1) is 15.7. The summed E-state index contributed by atoms with van der Waals surface area (Å²) in [6.45, 7) is 0.853. The number of hydrogen-bond acceptors (Lipinski definition) is 4. The SMILES string of the molecule is O=S1(=O)CCC(OCc2ccccc2)CN1c1cnn(C2CC2)c1. The molecule has 1 aromatic carbocycles. The average Bonchev–Trinajstić information content (AvgIpc) is 3.32. The molecular weight excluding hydrogens is 326 g/mol. The predicted molar refractivity (Wildman–Crippen MR) is 91.3 cm³/mol. The molecule has 0 N–H and O–H groups in total. The van der Waals surface area contributed by atoms with Gasteiger partial charge >= 0.3 is 0 Å². The molecule has 1 aliphatic heterocycles. The normalized spacial score (nSPS) is 23.3. The van der Waals surface area contributed by atoms with Gasteiger partial charge < -0.3 is 4.74 Å². The summed E-state index contributed by atoms with van der Waals surface area (Å²) in [5.41, 5.74) is 1.74. The maximum Gasteiger partial charge on any atom is 0.235 e. The van der Waals surface area contributed by atoms with Gasteiger partial charge in [-0.2, -0.15) is 5.10 Å². The first-order valence-electron chi connectivity index (χ1n) is 8.32. The summed E-state index contributed by atoms with van der Waals surface area (Å²) in [5.74, 6) is 0.112. The van der Waals surface area contributed by atoms with E-state index in [4.69, 9.17) is 4.74 Å². The third-order valence-corrected chi connectivity index (χ3v) is 6.31. The zero-order valence-corrected chi connectivity index (χ0v) is 14.2. The molecular formula is C17H21N3O3S. The maximum atomic E-state index is 12.4. The number of sulfonamides is 1. The van der Waals surface area contributed by atoms with Crippen molar-refractivity contribution in [2.24, 2.45) is 0 Å². The molecule has 0 amide bonds. The van der Waals surface area contributed by atoms with Crippen molar-refractivity contribution < 1.29 is 13.2 Å². The molecule has 1 aromatic heterocycles. The van der Waals surface area contributed by atoms with Gasteiger partial charge in [0.2, 0.25) is 10.0 Å². The summed E-state index contributed by atoms with van der Waals surface area (Å²) < 4.78 is 34.1. The van der Waals surface area contributed by atoms with E-state index < -0.39 is 10.0 Å². The Balaban J connectivity index is 1.45. The highest BCUT2D eigenvalue weighted by molar-refractivity contribution is 7.92. The lowest BCUT2D eigenvalue weighted by Gasteiger charge is -2.32. The Labute approximate surface area is 142 Å². The molecule has 24 heavy (non-hydrogen) atoms. The quantitative estimate of drug-likeness (QED) is 0.833. The molecule has 1 saturated heterocycles. The van der Waals surface area contributed by atoms with E-state index in [9.17, 15) is 8.42 Å². The standard InChI is InChI=1S/C17H21N3O3S/c21-24(22)9-8-17(23-13-14-4-2-1-3-5-14)12-20(24)16-10-18-19(11-16)15-6-7-15/h1-5,10-11,15,17H,6-9,12-13H2. The van der Waals surface area contributed by atoms with Gasteiger partial charge in [0.15, 0.2) is 0 Å². The van der Waals surface area contributed by atoms with Crippen molar-refractivity contribution in [3.8, 4) is 0 Å². The maximum absolute atomic E-state index is 12.4. The topological polar surface area (TPSA) is 64.4 Å². The minimum atomic E-state index is -3.28. The molecule has 1 unspecified atom stereocenters. The highest BCUT2D eigenvalue weighted by Gasteiger charge is 2.34. The summed E-state index contributed by atoms with van der Waals surface area (Å²) in [5, 5.41) is 4.31. The second kappa shape index (κ2) is 6.22. The van der Waals surface area contributed by atoms with Crippen molar-refractivity contribution in [3.05, 3.63) is 48.3 Å². The van der Waals surface area contributed by atoms with Crippen LogP contribution in [0.1, 0.15) is 30.9 Å². The van der Waals surface area contributed by atoms with Crippen molar-refractivity contribution in [2.45, 2.75) is 38.0 Å². The van der Waals surface area contributed by atoms with E-state index >= 15 is 0 Å². The Morgan fingerprint density at radius 2 is 1.96 bits per heavy atom. The number of rotatable bonds is 5. The van der Waals surface area contributed by atoms with Crippen LogP contribution in [0.2, 0.25) is 0 Å². The van der Waals surface area contributed by atoms with E-state index in [1.807, 2.05) is 41.2 Å². The first-order chi connectivity index (χ1) is 11.6. The molecule has 128 valence electrons. The number of benzene rings is 1. The Bertz CT molecular complexity index is 799. The Morgan fingerprint density at radius 3 is 2.71 bits per heavy atom. The average molecular weight is 347 g/mol. The molecule has 6 nitrogen and oxygen atoms in total. The highest BCUT2D eigenvalue weighted by atomic mass is 32.2. The largest absolute Gasteiger partial charge is 0.372 e. The molecule has 2 aliphatic rings. The molecule has 1 aliphatic carbocycles. The fourth-order valence-corrected chi connectivity index (χ4v) is 4.56. The number of nitrogens with zero attached hydrogens (tertiary/aromatic N) is 3. The minimum Gasteiger partial charge on any atom is -0.372 e. The van der Waals surface area contributed by atoms with E-state index in [2.05, 4.69) is 5.10 Å². The fourth-order valence-electron chi connectivity index (χ4n) is 2.97. The zero-order chi connectivity index (χ0) is 16.6. The number of hydrogen-bond donors (Lipinski definition) is 0. The third-order valence-electron chi connectivity index (χ3n) is 4.53. The van der Waals surface area contributed by atoms with Gasteiger partial charge in [-0.3, -0.25) is 8.99 Å². The lowest BCUT2D eigenvalue weighted by molar-refractivity contribution is 0.0430. The molecule has 0 bridgehead atoms. The van der Waals surface area contributed by atoms with Gasteiger partial charge in [-0.1, -0.05) is 30.3 Å². The third kappa shape index (κ3) is 3.32. The Morgan fingerprint density at radius 1 is 1.17 bits per heavy atom. The van der Waals surface area contributed by atoms with Crippen LogP contribution in [-0.2, 0) is 21.4 Å². The van der Waals surface area contributed by atoms with Gasteiger partial charge in [-0.05, 0) is 24.8 Å². The van der Waals surface area contributed by atoms with Crippen molar-refractivity contribution >= 4 is 15.7 Å². The van der Waals surface area contributed by atoms with Gasteiger partial charge in [0.25, 0.3) is 0 Å². The molecule has 2 fully saturated rings. The molecule has 1 atom stereocenters. The van der Waals surface area contributed by atoms with Gasteiger partial charge in [0, 0.05) is 6.20 Å². The van der Waals surface area contributed by atoms with Gasteiger partial charge in [-0.25, -0.2) is 8.42 Å². The van der Waals surface area contributed by atoms with E-state index in [1.54, 1.807) is 6.20 Å².